The molecule has 1 aliphatic carbocycles. The van der Waals surface area contributed by atoms with Crippen molar-refractivity contribution < 1.29 is 23.4 Å². The largest absolute Gasteiger partial charge is 0.493 e. The molecule has 7 heteroatoms. The van der Waals surface area contributed by atoms with Gasteiger partial charge >= 0.3 is 5.97 Å². The van der Waals surface area contributed by atoms with Gasteiger partial charge in [0.2, 0.25) is 0 Å². The Kier molecular flexibility index (Phi) is 6.25. The lowest BCUT2D eigenvalue weighted by atomic mass is 9.98. The Morgan fingerprint density at radius 2 is 2.00 bits per heavy atom. The van der Waals surface area contributed by atoms with Crippen LogP contribution in [0, 0.1) is 17.6 Å². The number of hydrogen-bond donors (Lipinski definition) is 1. The van der Waals surface area contributed by atoms with Crippen LogP contribution in [-0.4, -0.2) is 35.7 Å². The smallest absolute Gasteiger partial charge is 0.338 e. The third-order valence-electron chi connectivity index (χ3n) is 5.83. The zero-order valence-corrected chi connectivity index (χ0v) is 17.3. The molecule has 160 valence electrons. The fourth-order valence-electron chi connectivity index (χ4n) is 4.10. The standard InChI is InChI=1S/C23H24ClF2NO3/c24-20-8-17(25)6-5-16(20)12-27-7-1-2-14(11-27)13-30-22-10-21(26)19(23(28)29)9-18(22)15-3-4-15/h5-6,8-10,14-15H,1-4,7,11-13H2,(H,28,29)/t14-/m0/s1. The van der Waals surface area contributed by atoms with E-state index in [1.165, 1.54) is 24.3 Å². The van der Waals surface area contributed by atoms with E-state index in [-0.39, 0.29) is 23.2 Å². The van der Waals surface area contributed by atoms with Gasteiger partial charge in [-0.25, -0.2) is 13.6 Å². The number of carboxylic acid groups (broad SMARTS) is 1. The first-order valence-electron chi connectivity index (χ1n) is 10.3. The number of halogens is 3. The highest BCUT2D eigenvalue weighted by atomic mass is 35.5. The molecule has 30 heavy (non-hydrogen) atoms. The molecule has 1 saturated heterocycles. The molecule has 1 saturated carbocycles. The van der Waals surface area contributed by atoms with Crippen LogP contribution in [0.4, 0.5) is 8.78 Å². The third kappa shape index (κ3) is 4.93. The molecule has 0 radical (unpaired) electrons. The van der Waals surface area contributed by atoms with E-state index in [1.54, 1.807) is 6.07 Å². The maximum Gasteiger partial charge on any atom is 0.338 e. The Morgan fingerprint density at radius 1 is 1.20 bits per heavy atom. The van der Waals surface area contributed by atoms with Crippen molar-refractivity contribution in [2.24, 2.45) is 5.92 Å². The molecule has 1 heterocycles. The third-order valence-corrected chi connectivity index (χ3v) is 6.19. The van der Waals surface area contributed by atoms with Gasteiger partial charge in [0.15, 0.2) is 0 Å². The van der Waals surface area contributed by atoms with Crippen LogP contribution in [0.1, 0.15) is 53.1 Å². The molecule has 2 aliphatic rings. The van der Waals surface area contributed by atoms with Gasteiger partial charge in [0.25, 0.3) is 0 Å². The Morgan fingerprint density at radius 3 is 2.70 bits per heavy atom. The average Bonchev–Trinajstić information content (AvgIpc) is 3.54. The number of benzene rings is 2. The van der Waals surface area contributed by atoms with Crippen LogP contribution in [-0.2, 0) is 6.54 Å². The summed E-state index contributed by atoms with van der Waals surface area (Å²) in [4.78, 5) is 13.5. The van der Waals surface area contributed by atoms with Crippen LogP contribution < -0.4 is 4.74 Å². The van der Waals surface area contributed by atoms with Crippen molar-refractivity contribution in [1.29, 1.82) is 0 Å². The number of aromatic carboxylic acids is 1. The lowest BCUT2D eigenvalue weighted by Crippen LogP contribution is -2.37. The van der Waals surface area contributed by atoms with E-state index in [9.17, 15) is 18.7 Å². The number of nitrogens with zero attached hydrogens (tertiary/aromatic N) is 1. The molecule has 1 N–H and O–H groups in total. The van der Waals surface area contributed by atoms with E-state index in [0.29, 0.717) is 23.9 Å². The van der Waals surface area contributed by atoms with Crippen molar-refractivity contribution in [3.05, 3.63) is 63.7 Å². The summed E-state index contributed by atoms with van der Waals surface area (Å²) in [6.45, 7) is 2.83. The Labute approximate surface area is 179 Å². The highest BCUT2D eigenvalue weighted by Gasteiger charge is 2.30. The number of piperidine rings is 1. The van der Waals surface area contributed by atoms with Crippen LogP contribution in [0.25, 0.3) is 0 Å². The fraction of sp³-hybridized carbons (Fsp3) is 0.435. The number of ether oxygens (including phenoxy) is 1. The van der Waals surface area contributed by atoms with Gasteiger partial charge in [0, 0.05) is 30.1 Å². The van der Waals surface area contributed by atoms with Crippen molar-refractivity contribution in [1.82, 2.24) is 4.90 Å². The summed E-state index contributed by atoms with van der Waals surface area (Å²) in [6, 6.07) is 7.10. The molecule has 2 fully saturated rings. The second-order valence-corrected chi connectivity index (χ2v) is 8.65. The first-order chi connectivity index (χ1) is 14.4. The number of carbonyl (C=O) groups is 1. The zero-order valence-electron chi connectivity index (χ0n) is 16.5. The molecule has 2 aromatic carbocycles. The minimum absolute atomic E-state index is 0.252. The molecule has 0 amide bonds. The van der Waals surface area contributed by atoms with Gasteiger partial charge in [0.1, 0.15) is 17.4 Å². The summed E-state index contributed by atoms with van der Waals surface area (Å²) in [5.74, 6) is -1.39. The summed E-state index contributed by atoms with van der Waals surface area (Å²) in [5, 5.41) is 9.61. The van der Waals surface area contributed by atoms with Crippen LogP contribution in [0.15, 0.2) is 30.3 Å². The lowest BCUT2D eigenvalue weighted by molar-refractivity contribution is 0.0691. The second-order valence-electron chi connectivity index (χ2n) is 8.24. The maximum absolute atomic E-state index is 14.2. The molecule has 0 unspecified atom stereocenters. The van der Waals surface area contributed by atoms with Crippen LogP contribution in [0.2, 0.25) is 5.02 Å². The topological polar surface area (TPSA) is 49.8 Å². The van der Waals surface area contributed by atoms with Gasteiger partial charge in [-0.05, 0) is 67.5 Å². The molecule has 0 aromatic heterocycles. The molecule has 4 nitrogen and oxygen atoms in total. The van der Waals surface area contributed by atoms with E-state index in [2.05, 4.69) is 4.90 Å². The molecule has 0 bridgehead atoms. The monoisotopic (exact) mass is 435 g/mol. The number of rotatable bonds is 7. The van der Waals surface area contributed by atoms with E-state index in [1.807, 2.05) is 0 Å². The summed E-state index contributed by atoms with van der Waals surface area (Å²) in [7, 11) is 0. The first kappa shape index (κ1) is 21.1. The minimum Gasteiger partial charge on any atom is -0.493 e. The van der Waals surface area contributed by atoms with Crippen molar-refractivity contribution >= 4 is 17.6 Å². The maximum atomic E-state index is 14.2. The minimum atomic E-state index is -1.26. The quantitative estimate of drug-likeness (QED) is 0.625. The number of hydrogen-bond acceptors (Lipinski definition) is 3. The Balaban J connectivity index is 1.40. The highest BCUT2D eigenvalue weighted by molar-refractivity contribution is 6.31. The first-order valence-corrected chi connectivity index (χ1v) is 10.6. The summed E-state index contributed by atoms with van der Waals surface area (Å²) < 4.78 is 33.5. The fourth-order valence-corrected chi connectivity index (χ4v) is 4.33. The van der Waals surface area contributed by atoms with Gasteiger partial charge in [0.05, 0.1) is 12.2 Å². The van der Waals surface area contributed by atoms with Crippen molar-refractivity contribution in [3.8, 4) is 5.75 Å². The highest BCUT2D eigenvalue weighted by Crippen LogP contribution is 2.45. The van der Waals surface area contributed by atoms with E-state index in [4.69, 9.17) is 16.3 Å². The summed E-state index contributed by atoms with van der Waals surface area (Å²) in [6.07, 6.45) is 3.95. The number of likely N-dealkylation sites (tertiary alicyclic amines) is 1. The van der Waals surface area contributed by atoms with Gasteiger partial charge < -0.3 is 9.84 Å². The molecule has 1 atom stereocenters. The molecular weight excluding hydrogens is 412 g/mol. The summed E-state index contributed by atoms with van der Waals surface area (Å²) >= 11 is 6.16. The van der Waals surface area contributed by atoms with Crippen LogP contribution in [0.3, 0.4) is 0 Å². The normalized spacial score (nSPS) is 19.6. The van der Waals surface area contributed by atoms with Crippen molar-refractivity contribution in [2.75, 3.05) is 19.7 Å². The van der Waals surface area contributed by atoms with Crippen molar-refractivity contribution in [2.45, 2.75) is 38.1 Å². The Hall–Kier alpha value is -2.18. The molecule has 0 spiro atoms. The van der Waals surface area contributed by atoms with E-state index in [0.717, 1.165) is 49.9 Å². The number of carboxylic acids is 1. The van der Waals surface area contributed by atoms with Crippen molar-refractivity contribution in [3.63, 3.8) is 0 Å². The Bertz CT molecular complexity index is 948. The van der Waals surface area contributed by atoms with E-state index < -0.39 is 11.8 Å². The van der Waals surface area contributed by atoms with Gasteiger partial charge in [-0.2, -0.15) is 0 Å². The lowest BCUT2D eigenvalue weighted by Gasteiger charge is -2.33. The average molecular weight is 436 g/mol. The van der Waals surface area contributed by atoms with Gasteiger partial charge in [-0.1, -0.05) is 17.7 Å². The predicted octanol–water partition coefficient (Wildman–Crippen LogP) is 5.48. The van der Waals surface area contributed by atoms with E-state index >= 15 is 0 Å². The second kappa shape index (κ2) is 8.90. The van der Waals surface area contributed by atoms with Gasteiger partial charge in [-0.15, -0.1) is 0 Å². The van der Waals surface area contributed by atoms with Crippen LogP contribution >= 0.6 is 11.6 Å². The molecule has 2 aromatic rings. The predicted molar refractivity (Wildman–Crippen MR) is 110 cm³/mol. The molecular formula is C23H24ClF2NO3. The SMILES string of the molecule is O=C(O)c1cc(C2CC2)c(OC[C@H]2CCCN(Cc3ccc(F)cc3Cl)C2)cc1F. The molecule has 4 rings (SSSR count). The van der Waals surface area contributed by atoms with Crippen LogP contribution in [0.5, 0.6) is 5.75 Å². The zero-order chi connectivity index (χ0) is 21.3. The van der Waals surface area contributed by atoms with Gasteiger partial charge in [-0.3, -0.25) is 4.90 Å². The summed E-state index contributed by atoms with van der Waals surface area (Å²) in [5.41, 5.74) is 1.38. The molecule has 1 aliphatic heterocycles.